The highest BCUT2D eigenvalue weighted by molar-refractivity contribution is 7.12. The Morgan fingerprint density at radius 3 is 2.53 bits per heavy atom. The van der Waals surface area contributed by atoms with Crippen LogP contribution in [0.5, 0.6) is 0 Å². The molecular weight excluding hydrogens is 404 g/mol. The summed E-state index contributed by atoms with van der Waals surface area (Å²) in [6.45, 7) is 4.21. The normalized spacial score (nSPS) is 20.4. The van der Waals surface area contributed by atoms with Crippen molar-refractivity contribution in [2.45, 2.75) is 38.5 Å². The lowest BCUT2D eigenvalue weighted by Gasteiger charge is -2.31. The van der Waals surface area contributed by atoms with E-state index >= 15 is 0 Å². The quantitative estimate of drug-likeness (QED) is 0.801. The first-order valence-electron chi connectivity index (χ1n) is 10.3. The third-order valence-corrected chi connectivity index (χ3v) is 7.03. The number of aryl methyl sites for hydroxylation is 1. The molecule has 2 aromatic rings. The molecule has 0 unspecified atom stereocenters. The van der Waals surface area contributed by atoms with Crippen LogP contribution in [0.2, 0.25) is 0 Å². The lowest BCUT2D eigenvalue weighted by Crippen LogP contribution is -2.44. The molecule has 0 aliphatic carbocycles. The van der Waals surface area contributed by atoms with Crippen LogP contribution in [0.4, 0.5) is 0 Å². The maximum absolute atomic E-state index is 12.8. The number of rotatable bonds is 4. The Bertz CT molecular complexity index is 944. The first-order valence-corrected chi connectivity index (χ1v) is 11.2. The van der Waals surface area contributed by atoms with Gasteiger partial charge in [0.1, 0.15) is 0 Å². The second kappa shape index (κ2) is 8.59. The summed E-state index contributed by atoms with van der Waals surface area (Å²) in [6, 6.07) is 3.64. The molecule has 0 saturated carbocycles. The molecule has 2 N–H and O–H groups in total. The monoisotopic (exact) mass is 430 g/mol. The van der Waals surface area contributed by atoms with E-state index < -0.39 is 0 Å². The van der Waals surface area contributed by atoms with Gasteiger partial charge >= 0.3 is 0 Å². The number of thiophene rings is 1. The highest BCUT2D eigenvalue weighted by atomic mass is 32.1. The maximum Gasteiger partial charge on any atom is 0.292 e. The van der Waals surface area contributed by atoms with E-state index in [1.807, 2.05) is 23.3 Å². The Kier molecular flexibility index (Phi) is 5.90. The molecule has 2 aromatic heterocycles. The number of primary amides is 1. The molecule has 2 aliphatic rings. The molecule has 9 heteroatoms. The van der Waals surface area contributed by atoms with Gasteiger partial charge in [0.15, 0.2) is 0 Å². The average molecular weight is 431 g/mol. The molecule has 0 aromatic carbocycles. The van der Waals surface area contributed by atoms with Crippen LogP contribution in [0.3, 0.4) is 0 Å². The van der Waals surface area contributed by atoms with Crippen molar-refractivity contribution in [2.75, 3.05) is 26.2 Å². The van der Waals surface area contributed by atoms with Crippen molar-refractivity contribution in [2.24, 2.45) is 11.7 Å². The van der Waals surface area contributed by atoms with Gasteiger partial charge in [0, 0.05) is 38.2 Å². The minimum Gasteiger partial charge on any atom is -0.369 e. The van der Waals surface area contributed by atoms with Gasteiger partial charge in [-0.25, -0.2) is 0 Å². The van der Waals surface area contributed by atoms with Crippen LogP contribution in [0, 0.1) is 12.8 Å². The smallest absolute Gasteiger partial charge is 0.292 e. The van der Waals surface area contributed by atoms with Gasteiger partial charge in [-0.05, 0) is 49.6 Å². The van der Waals surface area contributed by atoms with E-state index in [0.717, 1.165) is 35.4 Å². The molecule has 0 spiro atoms. The number of hydrogen-bond acceptors (Lipinski definition) is 6. The highest BCUT2D eigenvalue weighted by Gasteiger charge is 2.31. The van der Waals surface area contributed by atoms with Crippen molar-refractivity contribution in [3.63, 3.8) is 0 Å². The van der Waals surface area contributed by atoms with Gasteiger partial charge in [0.2, 0.25) is 11.7 Å². The maximum atomic E-state index is 12.8. The van der Waals surface area contributed by atoms with Crippen molar-refractivity contribution in [3.8, 4) is 0 Å². The Balaban J connectivity index is 1.35. The molecule has 2 fully saturated rings. The molecule has 0 bridgehead atoms. The van der Waals surface area contributed by atoms with Gasteiger partial charge < -0.3 is 20.1 Å². The van der Waals surface area contributed by atoms with Crippen molar-refractivity contribution < 1.29 is 18.9 Å². The largest absolute Gasteiger partial charge is 0.369 e. The molecule has 1 atom stereocenters. The standard InChI is InChI=1S/C21H26N4O4S/c1-13-9-18(30-12-13)21(28)24-7-4-14(5-8-24)16-10-17(29-23-16)20(27)25-6-2-3-15(11-25)19(22)26/h9-10,12,14-15H,2-8,11H2,1H3,(H2,22,26)/t15-/m0/s1. The summed E-state index contributed by atoms with van der Waals surface area (Å²) in [7, 11) is 0. The Morgan fingerprint density at radius 2 is 1.87 bits per heavy atom. The Labute approximate surface area is 179 Å². The van der Waals surface area contributed by atoms with E-state index in [1.54, 1.807) is 11.0 Å². The van der Waals surface area contributed by atoms with Crippen LogP contribution < -0.4 is 5.73 Å². The van der Waals surface area contributed by atoms with Gasteiger partial charge in [-0.1, -0.05) is 5.16 Å². The Hall–Kier alpha value is -2.68. The summed E-state index contributed by atoms with van der Waals surface area (Å²) in [4.78, 5) is 41.1. The second-order valence-electron chi connectivity index (χ2n) is 8.16. The first-order chi connectivity index (χ1) is 14.4. The van der Waals surface area contributed by atoms with Gasteiger partial charge in [0.05, 0.1) is 16.5 Å². The van der Waals surface area contributed by atoms with Crippen molar-refractivity contribution in [1.82, 2.24) is 15.0 Å². The Morgan fingerprint density at radius 1 is 1.10 bits per heavy atom. The zero-order valence-corrected chi connectivity index (χ0v) is 17.8. The fraction of sp³-hybridized carbons (Fsp3) is 0.524. The number of carbonyl (C=O) groups is 3. The topological polar surface area (TPSA) is 110 Å². The molecule has 4 rings (SSSR count). The van der Waals surface area contributed by atoms with E-state index in [1.165, 1.54) is 11.3 Å². The van der Waals surface area contributed by atoms with E-state index in [4.69, 9.17) is 10.3 Å². The summed E-state index contributed by atoms with van der Waals surface area (Å²) in [5.74, 6) is -0.493. The van der Waals surface area contributed by atoms with Crippen molar-refractivity contribution in [3.05, 3.63) is 39.4 Å². The number of nitrogens with zero attached hydrogens (tertiary/aromatic N) is 3. The van der Waals surface area contributed by atoms with Crippen LogP contribution in [0.15, 0.2) is 22.0 Å². The van der Waals surface area contributed by atoms with Gasteiger partial charge in [-0.2, -0.15) is 0 Å². The minimum atomic E-state index is -0.371. The van der Waals surface area contributed by atoms with Gasteiger partial charge in [0.25, 0.3) is 11.8 Å². The highest BCUT2D eigenvalue weighted by Crippen LogP contribution is 2.30. The molecule has 30 heavy (non-hydrogen) atoms. The molecule has 160 valence electrons. The molecule has 2 aliphatic heterocycles. The fourth-order valence-electron chi connectivity index (χ4n) is 4.21. The molecule has 2 saturated heterocycles. The van der Waals surface area contributed by atoms with Crippen LogP contribution in [0.1, 0.15) is 63.1 Å². The third-order valence-electron chi connectivity index (χ3n) is 5.99. The molecular formula is C21H26N4O4S. The van der Waals surface area contributed by atoms with E-state index in [0.29, 0.717) is 32.6 Å². The zero-order valence-electron chi connectivity index (χ0n) is 17.0. The van der Waals surface area contributed by atoms with E-state index in [2.05, 4.69) is 5.16 Å². The van der Waals surface area contributed by atoms with Gasteiger partial charge in [-0.3, -0.25) is 14.4 Å². The zero-order chi connectivity index (χ0) is 21.3. The SMILES string of the molecule is Cc1csc(C(=O)N2CCC(c3cc(C(=O)N4CCC[C@H](C(N)=O)C4)on3)CC2)c1. The van der Waals surface area contributed by atoms with Crippen LogP contribution >= 0.6 is 11.3 Å². The molecule has 0 radical (unpaired) electrons. The number of nitrogens with two attached hydrogens (primary N) is 1. The predicted octanol–water partition coefficient (Wildman–Crippen LogP) is 2.40. The summed E-state index contributed by atoms with van der Waals surface area (Å²) < 4.78 is 5.34. The van der Waals surface area contributed by atoms with E-state index in [9.17, 15) is 14.4 Å². The lowest BCUT2D eigenvalue weighted by molar-refractivity contribution is -0.123. The molecule has 4 heterocycles. The first kappa shape index (κ1) is 20.6. The summed E-state index contributed by atoms with van der Waals surface area (Å²) in [6.07, 6.45) is 3.02. The third kappa shape index (κ3) is 4.26. The predicted molar refractivity (Wildman–Crippen MR) is 111 cm³/mol. The summed E-state index contributed by atoms with van der Waals surface area (Å²) in [5.41, 5.74) is 7.26. The molecule has 3 amide bonds. The number of carbonyl (C=O) groups excluding carboxylic acids is 3. The summed E-state index contributed by atoms with van der Waals surface area (Å²) >= 11 is 1.48. The fourth-order valence-corrected chi connectivity index (χ4v) is 5.07. The van der Waals surface area contributed by atoms with Crippen LogP contribution in [-0.4, -0.2) is 58.9 Å². The van der Waals surface area contributed by atoms with Crippen LogP contribution in [-0.2, 0) is 4.79 Å². The van der Waals surface area contributed by atoms with Gasteiger partial charge in [-0.15, -0.1) is 11.3 Å². The number of hydrogen-bond donors (Lipinski definition) is 1. The molecule has 8 nitrogen and oxygen atoms in total. The number of aromatic nitrogens is 1. The number of amides is 3. The lowest BCUT2D eigenvalue weighted by atomic mass is 9.93. The van der Waals surface area contributed by atoms with Crippen molar-refractivity contribution in [1.29, 1.82) is 0 Å². The average Bonchev–Trinajstić information content (AvgIpc) is 3.42. The number of likely N-dealkylation sites (tertiary alicyclic amines) is 2. The van der Waals surface area contributed by atoms with Crippen molar-refractivity contribution >= 4 is 29.1 Å². The van der Waals surface area contributed by atoms with Crippen LogP contribution in [0.25, 0.3) is 0 Å². The minimum absolute atomic E-state index is 0.0803. The van der Waals surface area contributed by atoms with E-state index in [-0.39, 0.29) is 35.3 Å². The second-order valence-corrected chi connectivity index (χ2v) is 9.07. The summed E-state index contributed by atoms with van der Waals surface area (Å²) in [5, 5.41) is 6.11. The number of piperidine rings is 2.